The second kappa shape index (κ2) is 9.89. The maximum atomic E-state index is 12.7. The molecule has 1 amide bonds. The predicted octanol–water partition coefficient (Wildman–Crippen LogP) is 3.74. The normalized spacial score (nSPS) is 11.6. The van der Waals surface area contributed by atoms with Gasteiger partial charge in [0.15, 0.2) is 0 Å². The molecule has 7 nitrogen and oxygen atoms in total. The first-order chi connectivity index (χ1) is 15.5. The third-order valence-electron chi connectivity index (χ3n) is 5.87. The van der Waals surface area contributed by atoms with Gasteiger partial charge in [0.05, 0.1) is 16.3 Å². The minimum absolute atomic E-state index is 0.0410. The van der Waals surface area contributed by atoms with Gasteiger partial charge in [-0.2, -0.15) is 5.10 Å². The number of aromatic nitrogens is 2. The number of para-hydroxylation sites is 1. The molecule has 0 bridgehead atoms. The molecule has 1 aromatic heterocycles. The second-order valence-electron chi connectivity index (χ2n) is 8.51. The van der Waals surface area contributed by atoms with Crippen molar-refractivity contribution >= 4 is 15.9 Å². The van der Waals surface area contributed by atoms with Crippen molar-refractivity contribution in [3.63, 3.8) is 0 Å². The van der Waals surface area contributed by atoms with Gasteiger partial charge in [0.1, 0.15) is 0 Å². The van der Waals surface area contributed by atoms with Gasteiger partial charge in [-0.15, -0.1) is 0 Å². The number of hydrogen-bond acceptors (Lipinski definition) is 4. The molecular weight excluding hydrogens is 436 g/mol. The lowest BCUT2D eigenvalue weighted by Crippen LogP contribution is -2.32. The number of carbonyl (C=O) groups excluding carboxylic acids is 1. The number of amides is 1. The lowest BCUT2D eigenvalue weighted by atomic mass is 10.1. The van der Waals surface area contributed by atoms with Crippen LogP contribution in [0.3, 0.4) is 0 Å². The van der Waals surface area contributed by atoms with Crippen LogP contribution in [0.5, 0.6) is 0 Å². The van der Waals surface area contributed by atoms with E-state index >= 15 is 0 Å². The Morgan fingerprint density at radius 1 is 1.03 bits per heavy atom. The SMILES string of the molecule is Cc1ccc(C)c(S(=O)(=O)NCCC(=O)N(C)Cc2c(C)nn(-c3ccccc3C)c2C)c1. The van der Waals surface area contributed by atoms with E-state index < -0.39 is 10.0 Å². The summed E-state index contributed by atoms with van der Waals surface area (Å²) in [5.74, 6) is -0.138. The maximum absolute atomic E-state index is 12.7. The van der Waals surface area contributed by atoms with Gasteiger partial charge in [-0.1, -0.05) is 30.3 Å². The number of carbonyl (C=O) groups is 1. The summed E-state index contributed by atoms with van der Waals surface area (Å²) in [7, 11) is -1.94. The van der Waals surface area contributed by atoms with Crippen molar-refractivity contribution in [2.75, 3.05) is 13.6 Å². The molecule has 1 N–H and O–H groups in total. The molecule has 0 aliphatic heterocycles. The van der Waals surface area contributed by atoms with Crippen molar-refractivity contribution in [2.45, 2.75) is 52.5 Å². The van der Waals surface area contributed by atoms with Crippen molar-refractivity contribution in [1.82, 2.24) is 19.4 Å². The third-order valence-corrected chi connectivity index (χ3v) is 7.47. The van der Waals surface area contributed by atoms with Crippen LogP contribution in [0.25, 0.3) is 5.69 Å². The van der Waals surface area contributed by atoms with Crippen molar-refractivity contribution in [1.29, 1.82) is 0 Å². The molecule has 0 saturated heterocycles. The lowest BCUT2D eigenvalue weighted by molar-refractivity contribution is -0.130. The molecule has 1 heterocycles. The van der Waals surface area contributed by atoms with Crippen LogP contribution in [0, 0.1) is 34.6 Å². The van der Waals surface area contributed by atoms with Crippen LogP contribution in [0.15, 0.2) is 47.4 Å². The highest BCUT2D eigenvalue weighted by Crippen LogP contribution is 2.22. The smallest absolute Gasteiger partial charge is 0.240 e. The molecule has 0 aliphatic rings. The largest absolute Gasteiger partial charge is 0.341 e. The number of nitrogens with one attached hydrogen (secondary N) is 1. The molecule has 0 atom stereocenters. The Bertz CT molecular complexity index is 1280. The first-order valence-electron chi connectivity index (χ1n) is 10.9. The predicted molar refractivity (Wildman–Crippen MR) is 130 cm³/mol. The van der Waals surface area contributed by atoms with Gasteiger partial charge in [0, 0.05) is 37.8 Å². The molecule has 3 aromatic rings. The summed E-state index contributed by atoms with van der Waals surface area (Å²) < 4.78 is 29.8. The summed E-state index contributed by atoms with van der Waals surface area (Å²) in [5, 5.41) is 4.68. The molecule has 0 radical (unpaired) electrons. The Kier molecular flexibility index (Phi) is 7.39. The molecule has 33 heavy (non-hydrogen) atoms. The molecule has 176 valence electrons. The fourth-order valence-electron chi connectivity index (χ4n) is 3.82. The highest BCUT2D eigenvalue weighted by atomic mass is 32.2. The van der Waals surface area contributed by atoms with Crippen molar-refractivity contribution < 1.29 is 13.2 Å². The summed E-state index contributed by atoms with van der Waals surface area (Å²) in [5.41, 5.74) is 6.52. The molecule has 0 saturated carbocycles. The fourth-order valence-corrected chi connectivity index (χ4v) is 5.18. The topological polar surface area (TPSA) is 84.3 Å². The molecule has 3 rings (SSSR count). The maximum Gasteiger partial charge on any atom is 0.240 e. The first kappa shape index (κ1) is 24.7. The number of nitrogens with zero attached hydrogens (tertiary/aromatic N) is 3. The summed E-state index contributed by atoms with van der Waals surface area (Å²) in [6, 6.07) is 13.3. The summed E-state index contributed by atoms with van der Waals surface area (Å²) in [4.78, 5) is 14.6. The Morgan fingerprint density at radius 3 is 2.42 bits per heavy atom. The quantitative estimate of drug-likeness (QED) is 0.546. The number of hydrogen-bond donors (Lipinski definition) is 1. The minimum Gasteiger partial charge on any atom is -0.341 e. The molecule has 0 aliphatic carbocycles. The summed E-state index contributed by atoms with van der Waals surface area (Å²) in [6.45, 7) is 10.0. The van der Waals surface area contributed by atoms with Crippen LogP contribution in [0.2, 0.25) is 0 Å². The van der Waals surface area contributed by atoms with E-state index in [1.54, 1.807) is 31.0 Å². The van der Waals surface area contributed by atoms with Gasteiger partial charge in [0.25, 0.3) is 0 Å². The van der Waals surface area contributed by atoms with E-state index in [2.05, 4.69) is 9.82 Å². The van der Waals surface area contributed by atoms with Crippen LogP contribution in [0.4, 0.5) is 0 Å². The van der Waals surface area contributed by atoms with Crippen LogP contribution in [0.1, 0.15) is 40.1 Å². The van der Waals surface area contributed by atoms with Gasteiger partial charge >= 0.3 is 0 Å². The molecular formula is C25H32N4O3S. The molecule has 0 fully saturated rings. The Labute approximate surface area is 196 Å². The average molecular weight is 469 g/mol. The van der Waals surface area contributed by atoms with Crippen molar-refractivity contribution in [3.8, 4) is 5.69 Å². The van der Waals surface area contributed by atoms with Crippen LogP contribution in [-0.2, 0) is 21.4 Å². The van der Waals surface area contributed by atoms with Crippen LogP contribution >= 0.6 is 0 Å². The second-order valence-corrected chi connectivity index (χ2v) is 10.2. The van der Waals surface area contributed by atoms with E-state index in [1.165, 1.54) is 0 Å². The zero-order valence-electron chi connectivity index (χ0n) is 20.1. The lowest BCUT2D eigenvalue weighted by Gasteiger charge is -2.18. The van der Waals surface area contributed by atoms with E-state index in [4.69, 9.17) is 0 Å². The highest BCUT2D eigenvalue weighted by Gasteiger charge is 2.20. The van der Waals surface area contributed by atoms with Crippen molar-refractivity contribution in [3.05, 3.63) is 76.1 Å². The van der Waals surface area contributed by atoms with E-state index in [0.29, 0.717) is 12.1 Å². The van der Waals surface area contributed by atoms with Gasteiger partial charge in [0.2, 0.25) is 15.9 Å². The monoisotopic (exact) mass is 468 g/mol. The number of benzene rings is 2. The van der Waals surface area contributed by atoms with Gasteiger partial charge in [-0.25, -0.2) is 17.8 Å². The Morgan fingerprint density at radius 2 is 1.73 bits per heavy atom. The Hall–Kier alpha value is -2.97. The third kappa shape index (κ3) is 5.51. The Balaban J connectivity index is 1.65. The number of rotatable bonds is 8. The molecule has 0 spiro atoms. The zero-order valence-corrected chi connectivity index (χ0v) is 21.0. The average Bonchev–Trinajstić information content (AvgIpc) is 3.03. The summed E-state index contributed by atoms with van der Waals surface area (Å²) >= 11 is 0. The highest BCUT2D eigenvalue weighted by molar-refractivity contribution is 7.89. The molecule has 8 heteroatoms. The van der Waals surface area contributed by atoms with E-state index in [9.17, 15) is 13.2 Å². The molecule has 2 aromatic carbocycles. The fraction of sp³-hybridized carbons (Fsp3) is 0.360. The molecule has 0 unspecified atom stereocenters. The number of aryl methyl sites for hydroxylation is 4. The van der Waals surface area contributed by atoms with E-state index in [1.807, 2.05) is 62.7 Å². The zero-order chi connectivity index (χ0) is 24.3. The summed E-state index contributed by atoms with van der Waals surface area (Å²) in [6.07, 6.45) is 0.0740. The standard InChI is InChI=1S/C25H32N4O3S/c1-17-11-12-19(3)24(15-17)33(31,32)26-14-13-25(30)28(6)16-22-20(4)27-29(21(22)5)23-10-8-7-9-18(23)2/h7-12,15,26H,13-14,16H2,1-6H3. The van der Waals surface area contributed by atoms with E-state index in [-0.39, 0.29) is 23.8 Å². The van der Waals surface area contributed by atoms with Gasteiger partial charge in [-0.05, 0) is 63.4 Å². The van der Waals surface area contributed by atoms with Crippen molar-refractivity contribution in [2.24, 2.45) is 0 Å². The van der Waals surface area contributed by atoms with Gasteiger partial charge < -0.3 is 4.90 Å². The minimum atomic E-state index is -3.67. The number of sulfonamides is 1. The van der Waals surface area contributed by atoms with Crippen LogP contribution < -0.4 is 4.72 Å². The van der Waals surface area contributed by atoms with Crippen LogP contribution in [-0.4, -0.2) is 42.6 Å². The first-order valence-corrected chi connectivity index (χ1v) is 12.4. The van der Waals surface area contributed by atoms with E-state index in [0.717, 1.165) is 33.8 Å². The van der Waals surface area contributed by atoms with Gasteiger partial charge in [-0.3, -0.25) is 4.79 Å².